The van der Waals surface area contributed by atoms with Crippen molar-refractivity contribution in [1.82, 2.24) is 0 Å². The number of esters is 1. The number of carbonyl (C=O) groups excluding carboxylic acids is 3. The van der Waals surface area contributed by atoms with E-state index in [2.05, 4.69) is 4.74 Å². The second kappa shape index (κ2) is 3.42. The van der Waals surface area contributed by atoms with Gasteiger partial charge in [0.1, 0.15) is 0 Å². The molecule has 0 radical (unpaired) electrons. The molecule has 0 aliphatic carbocycles. The first-order valence-corrected chi connectivity index (χ1v) is 2.97. The molecule has 0 aromatic rings. The standard InChI is InChI=1S/C6H8O6/c1-3(7)5(9)12-6(10,11)4(2)8/h10-11H,1-2H3. The number of carbonyl (C=O) groups is 3. The fraction of sp³-hybridized carbons (Fsp3) is 0.500. The minimum absolute atomic E-state index is 0.799. The van der Waals surface area contributed by atoms with Crippen LogP contribution < -0.4 is 0 Å². The molecule has 0 saturated carbocycles. The van der Waals surface area contributed by atoms with Gasteiger partial charge in [-0.15, -0.1) is 0 Å². The summed E-state index contributed by atoms with van der Waals surface area (Å²) in [5.74, 6) is -6.89. The fourth-order valence-electron chi connectivity index (χ4n) is 0.273. The average molecular weight is 176 g/mol. The smallest absolute Gasteiger partial charge is 0.388 e. The molecule has 6 nitrogen and oxygen atoms in total. The van der Waals surface area contributed by atoms with E-state index in [9.17, 15) is 14.4 Å². The van der Waals surface area contributed by atoms with Crippen LogP contribution in [-0.2, 0) is 19.1 Å². The van der Waals surface area contributed by atoms with Crippen LogP contribution in [0.4, 0.5) is 0 Å². The zero-order valence-electron chi connectivity index (χ0n) is 6.53. The van der Waals surface area contributed by atoms with Gasteiger partial charge in [0.25, 0.3) is 0 Å². The van der Waals surface area contributed by atoms with Crippen LogP contribution in [0.1, 0.15) is 13.8 Å². The summed E-state index contributed by atoms with van der Waals surface area (Å²) in [5.41, 5.74) is 0. The first-order chi connectivity index (χ1) is 5.27. The Morgan fingerprint density at radius 2 is 1.58 bits per heavy atom. The Bertz CT molecular complexity index is 228. The van der Waals surface area contributed by atoms with E-state index in [1.807, 2.05) is 0 Å². The van der Waals surface area contributed by atoms with Gasteiger partial charge in [-0.2, -0.15) is 0 Å². The second-order valence-corrected chi connectivity index (χ2v) is 2.11. The van der Waals surface area contributed by atoms with E-state index in [0.29, 0.717) is 0 Å². The molecular weight excluding hydrogens is 168 g/mol. The van der Waals surface area contributed by atoms with Gasteiger partial charge in [-0.05, 0) is 0 Å². The largest absolute Gasteiger partial charge is 0.396 e. The molecule has 0 aliphatic rings. The lowest BCUT2D eigenvalue weighted by Gasteiger charge is -2.16. The first kappa shape index (κ1) is 10.7. The van der Waals surface area contributed by atoms with Crippen molar-refractivity contribution in [3.05, 3.63) is 0 Å². The molecule has 0 heterocycles. The van der Waals surface area contributed by atoms with E-state index < -0.39 is 23.5 Å². The second-order valence-electron chi connectivity index (χ2n) is 2.11. The fourth-order valence-corrected chi connectivity index (χ4v) is 0.273. The lowest BCUT2D eigenvalue weighted by molar-refractivity contribution is -0.294. The number of ketones is 2. The van der Waals surface area contributed by atoms with Crippen LogP contribution in [0.2, 0.25) is 0 Å². The summed E-state index contributed by atoms with van der Waals surface area (Å²) in [6.07, 6.45) is 0. The van der Waals surface area contributed by atoms with Crippen LogP contribution >= 0.6 is 0 Å². The van der Waals surface area contributed by atoms with E-state index >= 15 is 0 Å². The lowest BCUT2D eigenvalue weighted by Crippen LogP contribution is -2.42. The Kier molecular flexibility index (Phi) is 3.06. The number of Topliss-reactive ketones (excluding diaryl/α,β-unsaturated/α-hetero) is 2. The van der Waals surface area contributed by atoms with Gasteiger partial charge in [0, 0.05) is 13.8 Å². The van der Waals surface area contributed by atoms with Gasteiger partial charge in [-0.3, -0.25) is 9.59 Å². The van der Waals surface area contributed by atoms with Crippen molar-refractivity contribution in [3.8, 4) is 0 Å². The highest BCUT2D eigenvalue weighted by Crippen LogP contribution is 2.03. The lowest BCUT2D eigenvalue weighted by atomic mass is 10.4. The third-order valence-electron chi connectivity index (χ3n) is 0.981. The van der Waals surface area contributed by atoms with E-state index in [0.717, 1.165) is 13.8 Å². The molecule has 2 N–H and O–H groups in total. The normalized spacial score (nSPS) is 10.7. The maximum absolute atomic E-state index is 10.4. The van der Waals surface area contributed by atoms with Gasteiger partial charge in [0.2, 0.25) is 11.6 Å². The van der Waals surface area contributed by atoms with Crippen molar-refractivity contribution in [2.45, 2.75) is 19.8 Å². The maximum Gasteiger partial charge on any atom is 0.388 e. The molecule has 0 atom stereocenters. The Morgan fingerprint density at radius 3 is 1.83 bits per heavy atom. The summed E-state index contributed by atoms with van der Waals surface area (Å²) < 4.78 is 3.73. The zero-order valence-corrected chi connectivity index (χ0v) is 6.53. The molecule has 12 heavy (non-hydrogen) atoms. The highest BCUT2D eigenvalue weighted by atomic mass is 16.8. The van der Waals surface area contributed by atoms with Crippen LogP contribution in [0.5, 0.6) is 0 Å². The van der Waals surface area contributed by atoms with E-state index in [1.165, 1.54) is 0 Å². The Morgan fingerprint density at radius 1 is 1.17 bits per heavy atom. The van der Waals surface area contributed by atoms with E-state index in [-0.39, 0.29) is 0 Å². The number of ether oxygens (including phenoxy) is 1. The van der Waals surface area contributed by atoms with Crippen LogP contribution in [-0.4, -0.2) is 33.7 Å². The summed E-state index contributed by atoms with van der Waals surface area (Å²) in [6, 6.07) is 0. The van der Waals surface area contributed by atoms with Gasteiger partial charge < -0.3 is 14.9 Å². The molecule has 0 aromatic carbocycles. The molecule has 0 aliphatic heterocycles. The van der Waals surface area contributed by atoms with Crippen molar-refractivity contribution >= 4 is 17.5 Å². The molecule has 0 aromatic heterocycles. The van der Waals surface area contributed by atoms with Crippen LogP contribution in [0.15, 0.2) is 0 Å². The molecular formula is C6H8O6. The van der Waals surface area contributed by atoms with Crippen molar-refractivity contribution in [2.75, 3.05) is 0 Å². The number of hydrogen-bond acceptors (Lipinski definition) is 6. The van der Waals surface area contributed by atoms with Gasteiger partial charge in [-0.1, -0.05) is 0 Å². The number of hydrogen-bond donors (Lipinski definition) is 2. The van der Waals surface area contributed by atoms with Gasteiger partial charge in [0.05, 0.1) is 0 Å². The van der Waals surface area contributed by atoms with Crippen molar-refractivity contribution in [2.24, 2.45) is 0 Å². The molecule has 68 valence electrons. The van der Waals surface area contributed by atoms with E-state index in [1.54, 1.807) is 0 Å². The third kappa shape index (κ3) is 2.77. The Labute approximate surface area is 67.8 Å². The summed E-state index contributed by atoms with van der Waals surface area (Å²) in [4.78, 5) is 31.0. The van der Waals surface area contributed by atoms with Crippen LogP contribution in [0, 0.1) is 0 Å². The summed E-state index contributed by atoms with van der Waals surface area (Å²) in [5, 5.41) is 17.2. The van der Waals surface area contributed by atoms with Crippen LogP contribution in [0.25, 0.3) is 0 Å². The molecule has 6 heteroatoms. The van der Waals surface area contributed by atoms with Crippen molar-refractivity contribution in [1.29, 1.82) is 0 Å². The molecule has 0 rings (SSSR count). The average Bonchev–Trinajstić information content (AvgIpc) is 1.85. The van der Waals surface area contributed by atoms with Crippen LogP contribution in [0.3, 0.4) is 0 Å². The van der Waals surface area contributed by atoms with Crippen molar-refractivity contribution in [3.63, 3.8) is 0 Å². The minimum atomic E-state index is -3.21. The first-order valence-electron chi connectivity index (χ1n) is 2.97. The summed E-state index contributed by atoms with van der Waals surface area (Å²) in [6.45, 7) is 1.67. The SMILES string of the molecule is CC(=O)C(=O)OC(O)(O)C(C)=O. The Hall–Kier alpha value is -1.27. The highest BCUT2D eigenvalue weighted by molar-refractivity contribution is 6.32. The summed E-state index contributed by atoms with van der Waals surface area (Å²) in [7, 11) is 0. The van der Waals surface area contributed by atoms with Gasteiger partial charge in [0.15, 0.2) is 0 Å². The van der Waals surface area contributed by atoms with Gasteiger partial charge in [-0.25, -0.2) is 4.79 Å². The topological polar surface area (TPSA) is 101 Å². The number of rotatable bonds is 3. The maximum atomic E-state index is 10.4. The minimum Gasteiger partial charge on any atom is -0.396 e. The zero-order chi connectivity index (χ0) is 9.94. The third-order valence-corrected chi connectivity index (χ3v) is 0.981. The quantitative estimate of drug-likeness (QED) is 0.303. The van der Waals surface area contributed by atoms with E-state index in [4.69, 9.17) is 10.2 Å². The molecule has 0 spiro atoms. The predicted molar refractivity (Wildman–Crippen MR) is 34.6 cm³/mol. The van der Waals surface area contributed by atoms with Crippen molar-refractivity contribution < 1.29 is 29.3 Å². The molecule has 0 saturated heterocycles. The Balaban J connectivity index is 4.35. The highest BCUT2D eigenvalue weighted by Gasteiger charge is 2.35. The molecule has 0 bridgehead atoms. The predicted octanol–water partition coefficient (Wildman–Crippen LogP) is -1.65. The molecule has 0 unspecified atom stereocenters. The molecule has 0 fully saturated rings. The number of aliphatic hydroxyl groups is 2. The van der Waals surface area contributed by atoms with Gasteiger partial charge >= 0.3 is 11.9 Å². The summed E-state index contributed by atoms with van der Waals surface area (Å²) >= 11 is 0. The molecule has 0 amide bonds. The monoisotopic (exact) mass is 176 g/mol.